The van der Waals surface area contributed by atoms with Crippen LogP contribution in [0.4, 0.5) is 0 Å². The molecule has 1 aromatic carbocycles. The standard InChI is InChI=1S/C21H29ClO8S/c1-13(2)28-18(23)11-21(20(25)30-15(5)6,12-19(24)29-14(3)4)31(26,27)17-9-7-16(22)8-10-17/h7-10,13-15H,11-12H2,1-6H3. The van der Waals surface area contributed by atoms with E-state index in [1.807, 2.05) is 0 Å². The zero-order valence-electron chi connectivity index (χ0n) is 18.5. The first-order chi connectivity index (χ1) is 14.2. The molecule has 0 bridgehead atoms. The van der Waals surface area contributed by atoms with Gasteiger partial charge >= 0.3 is 17.9 Å². The van der Waals surface area contributed by atoms with Crippen molar-refractivity contribution in [2.75, 3.05) is 0 Å². The lowest BCUT2D eigenvalue weighted by molar-refractivity contribution is -0.161. The minimum atomic E-state index is -4.62. The Morgan fingerprint density at radius 3 is 1.55 bits per heavy atom. The van der Waals surface area contributed by atoms with Gasteiger partial charge in [-0.2, -0.15) is 0 Å². The number of hydrogen-bond donors (Lipinski definition) is 0. The first-order valence-corrected chi connectivity index (χ1v) is 11.7. The highest BCUT2D eigenvalue weighted by Gasteiger charge is 2.56. The molecule has 0 fully saturated rings. The Bertz CT molecular complexity index is 864. The van der Waals surface area contributed by atoms with Gasteiger partial charge in [-0.25, -0.2) is 8.42 Å². The van der Waals surface area contributed by atoms with Crippen LogP contribution in [0.25, 0.3) is 0 Å². The fourth-order valence-electron chi connectivity index (χ4n) is 2.74. The van der Waals surface area contributed by atoms with Gasteiger partial charge in [0.05, 0.1) is 36.0 Å². The van der Waals surface area contributed by atoms with Gasteiger partial charge in [-0.15, -0.1) is 0 Å². The number of halogens is 1. The summed E-state index contributed by atoms with van der Waals surface area (Å²) in [4.78, 5) is 37.9. The summed E-state index contributed by atoms with van der Waals surface area (Å²) in [6, 6.07) is 5.03. The van der Waals surface area contributed by atoms with Crippen molar-refractivity contribution in [3.8, 4) is 0 Å². The summed E-state index contributed by atoms with van der Waals surface area (Å²) >= 11 is 5.86. The number of benzene rings is 1. The molecule has 174 valence electrons. The quantitative estimate of drug-likeness (QED) is 0.372. The molecule has 1 rings (SSSR count). The van der Waals surface area contributed by atoms with E-state index in [2.05, 4.69) is 0 Å². The highest BCUT2D eigenvalue weighted by molar-refractivity contribution is 7.93. The van der Waals surface area contributed by atoms with Crippen LogP contribution >= 0.6 is 11.6 Å². The van der Waals surface area contributed by atoms with Crippen LogP contribution in [-0.4, -0.2) is 49.4 Å². The van der Waals surface area contributed by atoms with Crippen LogP contribution in [0, 0.1) is 0 Å². The first-order valence-electron chi connectivity index (χ1n) is 9.81. The Morgan fingerprint density at radius 1 is 0.806 bits per heavy atom. The summed E-state index contributed by atoms with van der Waals surface area (Å²) in [5.41, 5.74) is 0. The van der Waals surface area contributed by atoms with Gasteiger partial charge in [0.25, 0.3) is 0 Å². The molecule has 0 atom stereocenters. The minimum Gasteiger partial charge on any atom is -0.463 e. The SMILES string of the molecule is CC(C)OC(=O)CC(CC(=O)OC(C)C)(C(=O)OC(C)C)S(=O)(=O)c1ccc(Cl)cc1. The van der Waals surface area contributed by atoms with Gasteiger partial charge in [-0.05, 0) is 65.8 Å². The van der Waals surface area contributed by atoms with Crippen LogP contribution < -0.4 is 0 Å². The van der Waals surface area contributed by atoms with E-state index in [1.165, 1.54) is 38.1 Å². The molecule has 8 nitrogen and oxygen atoms in total. The molecule has 0 aliphatic heterocycles. The van der Waals surface area contributed by atoms with Crippen molar-refractivity contribution in [3.05, 3.63) is 29.3 Å². The van der Waals surface area contributed by atoms with E-state index in [-0.39, 0.29) is 9.92 Å². The molecule has 0 N–H and O–H groups in total. The number of rotatable bonds is 10. The smallest absolute Gasteiger partial charge is 0.329 e. The van der Waals surface area contributed by atoms with Crippen molar-refractivity contribution in [3.63, 3.8) is 0 Å². The summed E-state index contributed by atoms with van der Waals surface area (Å²) in [6.07, 6.45) is -3.67. The molecule has 10 heteroatoms. The number of hydrogen-bond acceptors (Lipinski definition) is 8. The molecular weight excluding hydrogens is 448 g/mol. The monoisotopic (exact) mass is 476 g/mol. The van der Waals surface area contributed by atoms with E-state index in [0.717, 1.165) is 0 Å². The second kappa shape index (κ2) is 10.9. The summed E-state index contributed by atoms with van der Waals surface area (Å²) in [7, 11) is -4.62. The fraction of sp³-hybridized carbons (Fsp3) is 0.571. The van der Waals surface area contributed by atoms with Gasteiger partial charge in [0.15, 0.2) is 14.6 Å². The molecule has 31 heavy (non-hydrogen) atoms. The van der Waals surface area contributed by atoms with Crippen molar-refractivity contribution in [1.29, 1.82) is 0 Å². The molecule has 0 aliphatic rings. The first kappa shape index (κ1) is 26.9. The lowest BCUT2D eigenvalue weighted by Gasteiger charge is -2.31. The fourth-order valence-corrected chi connectivity index (χ4v) is 4.70. The van der Waals surface area contributed by atoms with Crippen LogP contribution in [-0.2, 0) is 38.4 Å². The third-order valence-corrected chi connectivity index (χ3v) is 6.58. The predicted octanol–water partition coefficient (Wildman–Crippen LogP) is 3.49. The van der Waals surface area contributed by atoms with Gasteiger partial charge < -0.3 is 14.2 Å². The zero-order chi connectivity index (χ0) is 24.0. The normalized spacial score (nSPS) is 12.2. The molecule has 0 saturated carbocycles. The van der Waals surface area contributed by atoms with Crippen LogP contribution in [0.1, 0.15) is 54.4 Å². The van der Waals surface area contributed by atoms with Gasteiger partial charge in [0.2, 0.25) is 0 Å². The van der Waals surface area contributed by atoms with E-state index >= 15 is 0 Å². The van der Waals surface area contributed by atoms with E-state index < -0.39 is 63.6 Å². The third-order valence-electron chi connectivity index (χ3n) is 3.95. The van der Waals surface area contributed by atoms with Crippen molar-refractivity contribution >= 4 is 39.3 Å². The third kappa shape index (κ3) is 7.21. The number of carbonyl (C=O) groups excluding carboxylic acids is 3. The van der Waals surface area contributed by atoms with Gasteiger partial charge in [-0.3, -0.25) is 14.4 Å². The molecule has 0 heterocycles. The highest BCUT2D eigenvalue weighted by atomic mass is 35.5. The molecule has 0 amide bonds. The van der Waals surface area contributed by atoms with Gasteiger partial charge in [-0.1, -0.05) is 11.6 Å². The Morgan fingerprint density at radius 2 is 1.19 bits per heavy atom. The molecular formula is C21H29ClO8S. The summed E-state index contributed by atoms with van der Waals surface area (Å²) in [5, 5.41) is 0.271. The average Bonchev–Trinajstić information content (AvgIpc) is 2.59. The predicted molar refractivity (Wildman–Crippen MR) is 114 cm³/mol. The van der Waals surface area contributed by atoms with E-state index in [9.17, 15) is 22.8 Å². The zero-order valence-corrected chi connectivity index (χ0v) is 20.1. The van der Waals surface area contributed by atoms with Gasteiger partial charge in [0.1, 0.15) is 0 Å². The Kier molecular flexibility index (Phi) is 9.50. The second-order valence-electron chi connectivity index (χ2n) is 7.84. The van der Waals surface area contributed by atoms with Crippen molar-refractivity contribution in [2.45, 2.75) is 82.3 Å². The Hall–Kier alpha value is -2.13. The Labute approximate surface area is 188 Å². The molecule has 0 aromatic heterocycles. The van der Waals surface area contributed by atoms with Crippen LogP contribution in [0.15, 0.2) is 29.2 Å². The molecule has 1 aromatic rings. The maximum Gasteiger partial charge on any atom is 0.329 e. The molecule has 0 unspecified atom stereocenters. The van der Waals surface area contributed by atoms with Crippen molar-refractivity contribution < 1.29 is 37.0 Å². The average molecular weight is 477 g/mol. The van der Waals surface area contributed by atoms with E-state index in [4.69, 9.17) is 25.8 Å². The summed E-state index contributed by atoms with van der Waals surface area (Å²) < 4.78 is 40.1. The maximum absolute atomic E-state index is 13.7. The lowest BCUT2D eigenvalue weighted by Crippen LogP contribution is -2.52. The van der Waals surface area contributed by atoms with Crippen molar-refractivity contribution in [2.24, 2.45) is 0 Å². The van der Waals surface area contributed by atoms with Gasteiger partial charge in [0, 0.05) is 5.02 Å². The summed E-state index contributed by atoms with van der Waals surface area (Å²) in [6.45, 7) is 9.35. The van der Waals surface area contributed by atoms with Crippen LogP contribution in [0.5, 0.6) is 0 Å². The number of esters is 3. The minimum absolute atomic E-state index is 0.271. The highest BCUT2D eigenvalue weighted by Crippen LogP contribution is 2.36. The van der Waals surface area contributed by atoms with Crippen molar-refractivity contribution in [1.82, 2.24) is 0 Å². The number of carbonyl (C=O) groups is 3. The van der Waals surface area contributed by atoms with E-state index in [0.29, 0.717) is 0 Å². The van der Waals surface area contributed by atoms with Crippen LogP contribution in [0.3, 0.4) is 0 Å². The molecule has 0 aliphatic carbocycles. The maximum atomic E-state index is 13.7. The van der Waals surface area contributed by atoms with Crippen LogP contribution in [0.2, 0.25) is 5.02 Å². The molecule has 0 spiro atoms. The largest absolute Gasteiger partial charge is 0.463 e. The topological polar surface area (TPSA) is 113 Å². The number of sulfone groups is 1. The second-order valence-corrected chi connectivity index (χ2v) is 10.5. The lowest BCUT2D eigenvalue weighted by atomic mass is 10.00. The molecule has 0 saturated heterocycles. The van der Waals surface area contributed by atoms with E-state index in [1.54, 1.807) is 27.7 Å². The number of ether oxygens (including phenoxy) is 3. The summed E-state index contributed by atoms with van der Waals surface area (Å²) in [5.74, 6) is -3.17. The molecule has 0 radical (unpaired) electrons. The Balaban J connectivity index is 3.69.